The lowest BCUT2D eigenvalue weighted by atomic mass is 9.99. The van der Waals surface area contributed by atoms with Crippen LogP contribution in [0.5, 0.6) is 5.75 Å². The number of nitrogens with one attached hydrogen (secondary N) is 1. The largest absolute Gasteiger partial charge is 0.484 e. The van der Waals surface area contributed by atoms with Gasteiger partial charge in [0.25, 0.3) is 5.91 Å². The predicted octanol–water partition coefficient (Wildman–Crippen LogP) is 4.26. The van der Waals surface area contributed by atoms with E-state index >= 15 is 0 Å². The smallest absolute Gasteiger partial charge is 0.306 e. The van der Waals surface area contributed by atoms with E-state index in [9.17, 15) is 19.3 Å². The van der Waals surface area contributed by atoms with E-state index in [1.54, 1.807) is 12.1 Å². The summed E-state index contributed by atoms with van der Waals surface area (Å²) in [5, 5.41) is 13.1. The van der Waals surface area contributed by atoms with Gasteiger partial charge in [-0.25, -0.2) is 0 Å². The van der Waals surface area contributed by atoms with E-state index in [-0.39, 0.29) is 12.3 Å². The van der Waals surface area contributed by atoms with Gasteiger partial charge in [0.05, 0.1) is 4.92 Å². The van der Waals surface area contributed by atoms with Crippen LogP contribution in [0, 0.1) is 15.9 Å². The Morgan fingerprint density at radius 3 is 2.56 bits per heavy atom. The lowest BCUT2D eigenvalue weighted by Gasteiger charge is -2.11. The molecule has 0 aliphatic rings. The Bertz CT molecular complexity index is 762. The van der Waals surface area contributed by atoms with Crippen molar-refractivity contribution in [2.75, 3.05) is 11.9 Å². The van der Waals surface area contributed by atoms with E-state index in [0.717, 1.165) is 18.6 Å². The summed E-state index contributed by atoms with van der Waals surface area (Å²) < 4.78 is 18.7. The Morgan fingerprint density at radius 1 is 1.28 bits per heavy atom. The van der Waals surface area contributed by atoms with E-state index in [1.165, 1.54) is 11.6 Å². The zero-order valence-electron chi connectivity index (χ0n) is 14.0. The first kappa shape index (κ1) is 18.4. The van der Waals surface area contributed by atoms with Crippen molar-refractivity contribution >= 4 is 17.3 Å². The van der Waals surface area contributed by atoms with Gasteiger partial charge in [0.2, 0.25) is 5.82 Å². The summed E-state index contributed by atoms with van der Waals surface area (Å²) in [6.45, 7) is 3.98. The number of hydrogen-bond donors (Lipinski definition) is 1. The van der Waals surface area contributed by atoms with Crippen LogP contribution in [-0.2, 0) is 4.79 Å². The van der Waals surface area contributed by atoms with Crippen molar-refractivity contribution < 1.29 is 18.8 Å². The number of amides is 1. The number of anilines is 1. The number of nitrogens with zero attached hydrogens (tertiary/aromatic N) is 1. The second-order valence-corrected chi connectivity index (χ2v) is 5.64. The highest BCUT2D eigenvalue weighted by Gasteiger charge is 2.15. The Morgan fingerprint density at radius 2 is 1.96 bits per heavy atom. The first-order valence-corrected chi connectivity index (χ1v) is 7.87. The zero-order chi connectivity index (χ0) is 18.4. The van der Waals surface area contributed by atoms with Gasteiger partial charge in [-0.3, -0.25) is 14.9 Å². The second kappa shape index (κ2) is 8.23. The van der Waals surface area contributed by atoms with Crippen LogP contribution < -0.4 is 10.1 Å². The molecule has 0 saturated heterocycles. The monoisotopic (exact) mass is 346 g/mol. The molecule has 1 atom stereocenters. The number of nitro groups is 1. The topological polar surface area (TPSA) is 81.5 Å². The van der Waals surface area contributed by atoms with Crippen molar-refractivity contribution in [3.8, 4) is 5.75 Å². The molecule has 0 spiro atoms. The maximum atomic E-state index is 13.3. The molecule has 2 rings (SSSR count). The SMILES string of the molecule is CC[C@H](C)c1ccc(OCC(=O)Nc2ccc(F)c([N+](=O)[O-])c2)cc1. The van der Waals surface area contributed by atoms with Gasteiger partial charge in [-0.15, -0.1) is 0 Å². The van der Waals surface area contributed by atoms with Crippen molar-refractivity contribution in [3.05, 3.63) is 64.0 Å². The van der Waals surface area contributed by atoms with E-state index in [2.05, 4.69) is 19.2 Å². The number of halogens is 1. The summed E-state index contributed by atoms with van der Waals surface area (Å²) in [5.41, 5.74) is 0.631. The number of benzene rings is 2. The molecule has 6 nitrogen and oxygen atoms in total. The molecular weight excluding hydrogens is 327 g/mol. The van der Waals surface area contributed by atoms with Crippen molar-refractivity contribution in [1.29, 1.82) is 0 Å². The van der Waals surface area contributed by atoms with Crippen molar-refractivity contribution in [3.63, 3.8) is 0 Å². The number of ether oxygens (including phenoxy) is 1. The predicted molar refractivity (Wildman–Crippen MR) is 92.3 cm³/mol. The first-order chi connectivity index (χ1) is 11.9. The van der Waals surface area contributed by atoms with Crippen molar-refractivity contribution in [1.82, 2.24) is 0 Å². The lowest BCUT2D eigenvalue weighted by molar-refractivity contribution is -0.387. The van der Waals surface area contributed by atoms with Gasteiger partial charge >= 0.3 is 5.69 Å². The number of carbonyl (C=O) groups is 1. The quantitative estimate of drug-likeness (QED) is 0.600. The molecule has 0 bridgehead atoms. The van der Waals surface area contributed by atoms with Crippen LogP contribution in [0.1, 0.15) is 31.7 Å². The minimum Gasteiger partial charge on any atom is -0.484 e. The third kappa shape index (κ3) is 5.00. The van der Waals surface area contributed by atoms with Crippen molar-refractivity contribution in [2.45, 2.75) is 26.2 Å². The second-order valence-electron chi connectivity index (χ2n) is 5.64. The summed E-state index contributed by atoms with van der Waals surface area (Å²) >= 11 is 0. The van der Waals surface area contributed by atoms with Gasteiger partial charge in [0.1, 0.15) is 5.75 Å². The van der Waals surface area contributed by atoms with Crippen LogP contribution in [0.25, 0.3) is 0 Å². The van der Waals surface area contributed by atoms with Gasteiger partial charge in [-0.05, 0) is 42.2 Å². The molecule has 0 aliphatic carbocycles. The molecule has 0 heterocycles. The normalized spacial score (nSPS) is 11.6. The Balaban J connectivity index is 1.92. The minimum atomic E-state index is -0.958. The molecule has 0 radical (unpaired) electrons. The van der Waals surface area contributed by atoms with Crippen LogP contribution in [0.3, 0.4) is 0 Å². The molecule has 132 valence electrons. The fraction of sp³-hybridized carbons (Fsp3) is 0.278. The summed E-state index contributed by atoms with van der Waals surface area (Å²) in [6.07, 6.45) is 1.03. The fourth-order valence-electron chi connectivity index (χ4n) is 2.20. The Hall–Kier alpha value is -2.96. The highest BCUT2D eigenvalue weighted by molar-refractivity contribution is 5.92. The minimum absolute atomic E-state index is 0.133. The van der Waals surface area contributed by atoms with Gasteiger partial charge in [-0.1, -0.05) is 26.0 Å². The molecule has 0 aliphatic heterocycles. The first-order valence-electron chi connectivity index (χ1n) is 7.87. The van der Waals surface area contributed by atoms with E-state index in [1.807, 2.05) is 12.1 Å². The molecule has 2 aromatic rings. The van der Waals surface area contributed by atoms with Crippen LogP contribution in [0.15, 0.2) is 42.5 Å². The fourth-order valence-corrected chi connectivity index (χ4v) is 2.20. The van der Waals surface area contributed by atoms with Gasteiger partial charge < -0.3 is 10.1 Å². The van der Waals surface area contributed by atoms with Gasteiger partial charge in [-0.2, -0.15) is 4.39 Å². The molecule has 2 aromatic carbocycles. The van der Waals surface area contributed by atoms with E-state index in [0.29, 0.717) is 11.7 Å². The lowest BCUT2D eigenvalue weighted by Crippen LogP contribution is -2.20. The summed E-state index contributed by atoms with van der Waals surface area (Å²) in [6, 6.07) is 10.6. The third-order valence-electron chi connectivity index (χ3n) is 3.86. The number of hydrogen-bond acceptors (Lipinski definition) is 4. The number of nitro benzene ring substituents is 1. The van der Waals surface area contributed by atoms with E-state index < -0.39 is 22.3 Å². The molecule has 0 saturated carbocycles. The van der Waals surface area contributed by atoms with Crippen molar-refractivity contribution in [2.24, 2.45) is 0 Å². The third-order valence-corrected chi connectivity index (χ3v) is 3.86. The molecule has 0 aromatic heterocycles. The maximum Gasteiger partial charge on any atom is 0.306 e. The number of rotatable bonds is 7. The Kier molecular flexibility index (Phi) is 6.05. The van der Waals surface area contributed by atoms with Crippen LogP contribution in [0.4, 0.5) is 15.8 Å². The molecular formula is C18H19FN2O4. The molecule has 1 amide bonds. The average Bonchev–Trinajstić information content (AvgIpc) is 2.61. The van der Waals surface area contributed by atoms with Gasteiger partial charge in [0, 0.05) is 11.8 Å². The standard InChI is InChI=1S/C18H19FN2O4/c1-3-12(2)13-4-7-15(8-5-13)25-11-18(22)20-14-6-9-16(19)17(10-14)21(23)24/h4-10,12H,3,11H2,1-2H3,(H,20,22)/t12-/m0/s1. The molecule has 0 fully saturated rings. The van der Waals surface area contributed by atoms with Crippen LogP contribution >= 0.6 is 0 Å². The molecule has 1 N–H and O–H groups in total. The maximum absolute atomic E-state index is 13.3. The summed E-state index contributed by atoms with van der Waals surface area (Å²) in [7, 11) is 0. The van der Waals surface area contributed by atoms with Crippen LogP contribution in [0.2, 0.25) is 0 Å². The Labute approximate surface area is 144 Å². The summed E-state index contributed by atoms with van der Waals surface area (Å²) in [5.74, 6) is -0.452. The van der Waals surface area contributed by atoms with Gasteiger partial charge in [0.15, 0.2) is 6.61 Å². The molecule has 25 heavy (non-hydrogen) atoms. The average molecular weight is 346 g/mol. The zero-order valence-corrected chi connectivity index (χ0v) is 14.0. The van der Waals surface area contributed by atoms with Crippen LogP contribution in [-0.4, -0.2) is 17.4 Å². The highest BCUT2D eigenvalue weighted by atomic mass is 19.1. The molecule has 7 heteroatoms. The highest BCUT2D eigenvalue weighted by Crippen LogP contribution is 2.23. The molecule has 0 unspecified atom stereocenters. The number of carbonyl (C=O) groups excluding carboxylic acids is 1. The van der Waals surface area contributed by atoms with E-state index in [4.69, 9.17) is 4.74 Å². The summed E-state index contributed by atoms with van der Waals surface area (Å²) in [4.78, 5) is 21.7.